The lowest BCUT2D eigenvalue weighted by atomic mass is 10.1. The Morgan fingerprint density at radius 3 is 2.71 bits per heavy atom. The molecule has 4 rings (SSSR count). The molecule has 1 saturated heterocycles. The van der Waals surface area contributed by atoms with Crippen LogP contribution in [0.25, 0.3) is 0 Å². The van der Waals surface area contributed by atoms with Crippen LogP contribution >= 0.6 is 11.6 Å². The number of hydrogen-bond donors (Lipinski definition) is 2. The highest BCUT2D eigenvalue weighted by atomic mass is 35.5. The summed E-state index contributed by atoms with van der Waals surface area (Å²) in [6.45, 7) is 4.77. The van der Waals surface area contributed by atoms with Crippen molar-refractivity contribution in [1.82, 2.24) is 4.90 Å². The maximum atomic E-state index is 12.6. The third-order valence-electron chi connectivity index (χ3n) is 4.94. The van der Waals surface area contributed by atoms with Gasteiger partial charge in [-0.1, -0.05) is 17.7 Å². The van der Waals surface area contributed by atoms with Crippen molar-refractivity contribution in [2.24, 2.45) is 0 Å². The summed E-state index contributed by atoms with van der Waals surface area (Å²) < 4.78 is 5.39. The summed E-state index contributed by atoms with van der Waals surface area (Å²) in [5.74, 6) is 0.371. The van der Waals surface area contributed by atoms with E-state index < -0.39 is 0 Å². The smallest absolute Gasteiger partial charge is 0.321 e. The van der Waals surface area contributed by atoms with E-state index in [9.17, 15) is 9.59 Å². The fourth-order valence-electron chi connectivity index (χ4n) is 3.43. The molecule has 0 aliphatic carbocycles. The van der Waals surface area contributed by atoms with Crippen LogP contribution in [-0.2, 0) is 4.79 Å². The van der Waals surface area contributed by atoms with Crippen molar-refractivity contribution in [3.63, 3.8) is 0 Å². The number of nitrogens with one attached hydrogen (secondary N) is 2. The number of anilines is 3. The maximum absolute atomic E-state index is 12.6. The molecule has 0 saturated carbocycles. The van der Waals surface area contributed by atoms with Gasteiger partial charge in [0.2, 0.25) is 0 Å². The lowest BCUT2D eigenvalue weighted by Crippen LogP contribution is -2.50. The van der Waals surface area contributed by atoms with Crippen molar-refractivity contribution in [3.05, 3.63) is 47.0 Å². The Hall–Kier alpha value is -2.93. The Morgan fingerprint density at radius 2 is 1.93 bits per heavy atom. The van der Waals surface area contributed by atoms with Crippen molar-refractivity contribution in [2.45, 2.75) is 6.92 Å². The number of rotatable bonds is 2. The highest BCUT2D eigenvalue weighted by molar-refractivity contribution is 6.30. The minimum absolute atomic E-state index is 0.0186. The van der Waals surface area contributed by atoms with Crippen LogP contribution < -0.4 is 20.3 Å². The van der Waals surface area contributed by atoms with E-state index >= 15 is 0 Å². The van der Waals surface area contributed by atoms with Crippen LogP contribution in [0.15, 0.2) is 36.4 Å². The predicted octanol–water partition coefficient (Wildman–Crippen LogP) is 3.33. The summed E-state index contributed by atoms with van der Waals surface area (Å²) in [5, 5.41) is 6.35. The molecule has 0 unspecified atom stereocenters. The summed E-state index contributed by atoms with van der Waals surface area (Å²) in [5.41, 5.74) is 3.53. The third-order valence-corrected chi connectivity index (χ3v) is 5.18. The number of hydrogen-bond acceptors (Lipinski definition) is 4. The number of amides is 3. The zero-order valence-electron chi connectivity index (χ0n) is 15.5. The van der Waals surface area contributed by atoms with Gasteiger partial charge in [-0.3, -0.25) is 4.79 Å². The van der Waals surface area contributed by atoms with Gasteiger partial charge in [-0.25, -0.2) is 4.79 Å². The molecule has 2 aliphatic rings. The highest BCUT2D eigenvalue weighted by Gasteiger charge is 2.23. The Kier molecular flexibility index (Phi) is 5.00. The molecule has 0 radical (unpaired) electrons. The SMILES string of the molecule is Cc1ccc(Cl)cc1N1CCN(C(=O)Nc2ccc3c(c2)OCC(=O)N3)CC1. The van der Waals surface area contributed by atoms with Gasteiger partial charge in [-0.2, -0.15) is 0 Å². The second kappa shape index (κ2) is 7.59. The number of nitrogens with zero attached hydrogens (tertiary/aromatic N) is 2. The molecule has 2 aromatic rings. The summed E-state index contributed by atoms with van der Waals surface area (Å²) in [4.78, 5) is 28.0. The lowest BCUT2D eigenvalue weighted by Gasteiger charge is -2.36. The van der Waals surface area contributed by atoms with Gasteiger partial charge in [0.05, 0.1) is 5.69 Å². The molecule has 8 heteroatoms. The monoisotopic (exact) mass is 400 g/mol. The van der Waals surface area contributed by atoms with Crippen LogP contribution in [-0.4, -0.2) is 49.6 Å². The Morgan fingerprint density at radius 1 is 1.14 bits per heavy atom. The molecule has 0 aromatic heterocycles. The van der Waals surface area contributed by atoms with Crippen LogP contribution in [0.5, 0.6) is 5.75 Å². The molecular formula is C20H21ClN4O3. The van der Waals surface area contributed by atoms with Crippen LogP contribution in [0.1, 0.15) is 5.56 Å². The molecule has 2 heterocycles. The molecule has 0 bridgehead atoms. The summed E-state index contributed by atoms with van der Waals surface area (Å²) in [7, 11) is 0. The van der Waals surface area contributed by atoms with Gasteiger partial charge in [-0.15, -0.1) is 0 Å². The number of fused-ring (bicyclic) bond motifs is 1. The van der Waals surface area contributed by atoms with E-state index in [1.807, 2.05) is 18.2 Å². The van der Waals surface area contributed by atoms with E-state index in [2.05, 4.69) is 22.5 Å². The third kappa shape index (κ3) is 3.84. The standard InChI is InChI=1S/C20H21ClN4O3/c1-13-2-3-14(21)10-17(13)24-6-8-25(9-7-24)20(27)22-15-4-5-16-18(11-15)28-12-19(26)23-16/h2-5,10-11H,6-9,12H2,1H3,(H,22,27)(H,23,26). The minimum Gasteiger partial charge on any atom is -0.482 e. The topological polar surface area (TPSA) is 73.9 Å². The summed E-state index contributed by atoms with van der Waals surface area (Å²) in [6.07, 6.45) is 0. The van der Waals surface area contributed by atoms with Gasteiger partial charge in [-0.05, 0) is 36.8 Å². The van der Waals surface area contributed by atoms with Gasteiger partial charge in [0.1, 0.15) is 5.75 Å². The van der Waals surface area contributed by atoms with E-state index in [0.29, 0.717) is 35.2 Å². The number of piperazine rings is 1. The first-order chi connectivity index (χ1) is 13.5. The summed E-state index contributed by atoms with van der Waals surface area (Å²) in [6, 6.07) is 10.9. The average molecular weight is 401 g/mol. The molecule has 2 aromatic carbocycles. The normalized spacial score (nSPS) is 16.1. The maximum Gasteiger partial charge on any atom is 0.321 e. The quantitative estimate of drug-likeness (QED) is 0.810. The van der Waals surface area contributed by atoms with Crippen molar-refractivity contribution < 1.29 is 14.3 Å². The molecule has 146 valence electrons. The molecule has 2 N–H and O–H groups in total. The number of halogens is 1. The van der Waals surface area contributed by atoms with Crippen LogP contribution in [0.4, 0.5) is 21.9 Å². The molecule has 7 nitrogen and oxygen atoms in total. The number of urea groups is 1. The van der Waals surface area contributed by atoms with E-state index in [1.54, 1.807) is 23.1 Å². The second-order valence-electron chi connectivity index (χ2n) is 6.88. The minimum atomic E-state index is -0.183. The Bertz CT molecular complexity index is 926. The number of carbonyl (C=O) groups excluding carboxylic acids is 2. The van der Waals surface area contributed by atoms with Crippen molar-refractivity contribution in [3.8, 4) is 5.75 Å². The molecule has 28 heavy (non-hydrogen) atoms. The molecule has 1 fully saturated rings. The van der Waals surface area contributed by atoms with E-state index in [0.717, 1.165) is 18.8 Å². The molecular weight excluding hydrogens is 380 g/mol. The van der Waals surface area contributed by atoms with Crippen molar-refractivity contribution in [1.29, 1.82) is 0 Å². The predicted molar refractivity (Wildman–Crippen MR) is 110 cm³/mol. The Labute approximate surface area is 168 Å². The van der Waals surface area contributed by atoms with E-state index in [4.69, 9.17) is 16.3 Å². The van der Waals surface area contributed by atoms with Gasteiger partial charge < -0.3 is 25.2 Å². The van der Waals surface area contributed by atoms with E-state index in [1.165, 1.54) is 5.56 Å². The van der Waals surface area contributed by atoms with Crippen LogP contribution in [0.2, 0.25) is 5.02 Å². The summed E-state index contributed by atoms with van der Waals surface area (Å²) >= 11 is 6.13. The first-order valence-electron chi connectivity index (χ1n) is 9.13. The van der Waals surface area contributed by atoms with Crippen LogP contribution in [0.3, 0.4) is 0 Å². The fraction of sp³-hybridized carbons (Fsp3) is 0.300. The number of carbonyl (C=O) groups is 2. The number of ether oxygens (including phenoxy) is 1. The number of aryl methyl sites for hydroxylation is 1. The molecule has 0 spiro atoms. The average Bonchev–Trinajstić information content (AvgIpc) is 2.70. The second-order valence-corrected chi connectivity index (χ2v) is 7.32. The van der Waals surface area contributed by atoms with Crippen LogP contribution in [0, 0.1) is 6.92 Å². The van der Waals surface area contributed by atoms with Crippen molar-refractivity contribution in [2.75, 3.05) is 48.3 Å². The molecule has 2 aliphatic heterocycles. The first-order valence-corrected chi connectivity index (χ1v) is 9.51. The zero-order chi connectivity index (χ0) is 19.7. The number of benzene rings is 2. The molecule has 3 amide bonds. The van der Waals surface area contributed by atoms with Gasteiger partial charge in [0.15, 0.2) is 6.61 Å². The largest absolute Gasteiger partial charge is 0.482 e. The molecule has 0 atom stereocenters. The fourth-order valence-corrected chi connectivity index (χ4v) is 3.59. The van der Waals surface area contributed by atoms with E-state index in [-0.39, 0.29) is 18.5 Å². The first kappa shape index (κ1) is 18.4. The lowest BCUT2D eigenvalue weighted by molar-refractivity contribution is -0.118. The van der Waals surface area contributed by atoms with Gasteiger partial charge in [0.25, 0.3) is 5.91 Å². The van der Waals surface area contributed by atoms with Gasteiger partial charge >= 0.3 is 6.03 Å². The van der Waals surface area contributed by atoms with Crippen molar-refractivity contribution >= 4 is 40.6 Å². The zero-order valence-corrected chi connectivity index (χ0v) is 16.3. The Balaban J connectivity index is 1.37. The highest BCUT2D eigenvalue weighted by Crippen LogP contribution is 2.31. The van der Waals surface area contributed by atoms with Gasteiger partial charge in [0, 0.05) is 48.6 Å².